The Kier molecular flexibility index (Phi) is 3.62. The molecule has 0 aliphatic heterocycles. The highest BCUT2D eigenvalue weighted by Crippen LogP contribution is 2.35. The van der Waals surface area contributed by atoms with E-state index >= 15 is 0 Å². The van der Waals surface area contributed by atoms with Crippen molar-refractivity contribution in [2.45, 2.75) is 18.7 Å². The SMILES string of the molecule is Cc1ccc(C(Br)c2cccc3ccccc23)cc1C. The molecule has 3 aromatic carbocycles. The summed E-state index contributed by atoms with van der Waals surface area (Å²) in [4.78, 5) is 0.230. The molecule has 3 rings (SSSR count). The first-order valence-electron chi connectivity index (χ1n) is 6.85. The summed E-state index contributed by atoms with van der Waals surface area (Å²) < 4.78 is 0. The van der Waals surface area contributed by atoms with Crippen LogP contribution in [0.15, 0.2) is 60.7 Å². The molecule has 1 heteroatoms. The Balaban J connectivity index is 2.12. The van der Waals surface area contributed by atoms with Gasteiger partial charge in [-0.25, -0.2) is 0 Å². The molecule has 3 aromatic rings. The summed E-state index contributed by atoms with van der Waals surface area (Å²) in [6, 6.07) is 21.7. The number of benzene rings is 3. The smallest absolute Gasteiger partial charge is 0.0650 e. The topological polar surface area (TPSA) is 0 Å². The molecule has 0 amide bonds. The van der Waals surface area contributed by atoms with Gasteiger partial charge in [0.2, 0.25) is 0 Å². The second kappa shape index (κ2) is 5.41. The minimum absolute atomic E-state index is 0.230. The molecule has 0 aromatic heterocycles. The van der Waals surface area contributed by atoms with Crippen LogP contribution in [0.1, 0.15) is 27.1 Å². The summed E-state index contributed by atoms with van der Waals surface area (Å²) >= 11 is 3.87. The molecule has 20 heavy (non-hydrogen) atoms. The van der Waals surface area contributed by atoms with Gasteiger partial charge in [-0.05, 0) is 46.9 Å². The van der Waals surface area contributed by atoms with Crippen molar-refractivity contribution in [2.24, 2.45) is 0 Å². The van der Waals surface area contributed by atoms with Gasteiger partial charge in [-0.1, -0.05) is 76.6 Å². The molecular formula is C19H17Br. The zero-order valence-electron chi connectivity index (χ0n) is 11.7. The van der Waals surface area contributed by atoms with Gasteiger partial charge in [0.15, 0.2) is 0 Å². The second-order valence-electron chi connectivity index (χ2n) is 5.27. The van der Waals surface area contributed by atoms with Crippen LogP contribution in [-0.2, 0) is 0 Å². The summed E-state index contributed by atoms with van der Waals surface area (Å²) in [5.74, 6) is 0. The number of hydrogen-bond acceptors (Lipinski definition) is 0. The molecule has 1 atom stereocenters. The molecule has 0 nitrogen and oxygen atoms in total. The first kappa shape index (κ1) is 13.4. The lowest BCUT2D eigenvalue weighted by Gasteiger charge is -2.15. The Bertz CT molecular complexity index is 753. The first-order valence-corrected chi connectivity index (χ1v) is 7.77. The summed E-state index contributed by atoms with van der Waals surface area (Å²) in [5.41, 5.74) is 5.31. The number of halogens is 1. The molecule has 100 valence electrons. The Labute approximate surface area is 128 Å². The van der Waals surface area contributed by atoms with Gasteiger partial charge >= 0.3 is 0 Å². The highest BCUT2D eigenvalue weighted by Gasteiger charge is 2.13. The van der Waals surface area contributed by atoms with Gasteiger partial charge in [0.05, 0.1) is 4.83 Å². The van der Waals surface area contributed by atoms with E-state index in [4.69, 9.17) is 0 Å². The monoisotopic (exact) mass is 324 g/mol. The molecular weight excluding hydrogens is 308 g/mol. The highest BCUT2D eigenvalue weighted by molar-refractivity contribution is 9.09. The maximum Gasteiger partial charge on any atom is 0.0650 e. The molecule has 0 aliphatic rings. The van der Waals surface area contributed by atoms with Crippen LogP contribution < -0.4 is 0 Å². The molecule has 0 aliphatic carbocycles. The average Bonchev–Trinajstić information content (AvgIpc) is 2.49. The van der Waals surface area contributed by atoms with Crippen molar-refractivity contribution in [2.75, 3.05) is 0 Å². The van der Waals surface area contributed by atoms with E-state index in [0.717, 1.165) is 0 Å². The Morgan fingerprint density at radius 1 is 0.800 bits per heavy atom. The zero-order chi connectivity index (χ0) is 14.1. The maximum atomic E-state index is 3.87. The summed E-state index contributed by atoms with van der Waals surface area (Å²) in [5, 5.41) is 2.60. The predicted octanol–water partition coefficient (Wildman–Crippen LogP) is 5.94. The molecule has 0 N–H and O–H groups in total. The fraction of sp³-hybridized carbons (Fsp3) is 0.158. The van der Waals surface area contributed by atoms with E-state index in [0.29, 0.717) is 0 Å². The van der Waals surface area contributed by atoms with Gasteiger partial charge in [0, 0.05) is 0 Å². The average molecular weight is 325 g/mol. The van der Waals surface area contributed by atoms with Crippen LogP contribution in [0.25, 0.3) is 10.8 Å². The Hall–Kier alpha value is -1.60. The quantitative estimate of drug-likeness (QED) is 0.511. The molecule has 0 saturated carbocycles. The van der Waals surface area contributed by atoms with E-state index in [9.17, 15) is 0 Å². The molecule has 0 fully saturated rings. The molecule has 1 unspecified atom stereocenters. The molecule has 0 heterocycles. The summed E-state index contributed by atoms with van der Waals surface area (Å²) in [7, 11) is 0. The number of fused-ring (bicyclic) bond motifs is 1. The summed E-state index contributed by atoms with van der Waals surface area (Å²) in [6.45, 7) is 4.32. The van der Waals surface area contributed by atoms with Crippen LogP contribution in [-0.4, -0.2) is 0 Å². The van der Waals surface area contributed by atoms with E-state index in [1.807, 2.05) is 0 Å². The van der Waals surface area contributed by atoms with Crippen molar-refractivity contribution in [3.8, 4) is 0 Å². The van der Waals surface area contributed by atoms with Gasteiger partial charge in [0.25, 0.3) is 0 Å². The van der Waals surface area contributed by atoms with Crippen molar-refractivity contribution in [1.82, 2.24) is 0 Å². The van der Waals surface area contributed by atoms with Gasteiger partial charge in [-0.15, -0.1) is 0 Å². The lowest BCUT2D eigenvalue weighted by molar-refractivity contribution is 1.17. The fourth-order valence-electron chi connectivity index (χ4n) is 2.57. The van der Waals surface area contributed by atoms with Crippen molar-refractivity contribution in [3.05, 3.63) is 82.9 Å². The Morgan fingerprint density at radius 2 is 1.55 bits per heavy atom. The predicted molar refractivity (Wildman–Crippen MR) is 90.6 cm³/mol. The summed E-state index contributed by atoms with van der Waals surface area (Å²) in [6.07, 6.45) is 0. The first-order chi connectivity index (χ1) is 9.66. The van der Waals surface area contributed by atoms with Crippen molar-refractivity contribution in [1.29, 1.82) is 0 Å². The lowest BCUT2D eigenvalue weighted by atomic mass is 9.96. The minimum Gasteiger partial charge on any atom is -0.0786 e. The van der Waals surface area contributed by atoms with E-state index in [-0.39, 0.29) is 4.83 Å². The molecule has 0 radical (unpaired) electrons. The normalized spacial score (nSPS) is 12.6. The standard InChI is InChI=1S/C19H17Br/c1-13-10-11-16(12-14(13)2)19(20)18-9-5-7-15-6-3-4-8-17(15)18/h3-12,19H,1-2H3. The molecule has 0 bridgehead atoms. The van der Waals surface area contributed by atoms with Crippen LogP contribution in [0, 0.1) is 13.8 Å². The third-order valence-corrected chi connectivity index (χ3v) is 4.94. The highest BCUT2D eigenvalue weighted by atomic mass is 79.9. The molecule has 0 spiro atoms. The number of aryl methyl sites for hydroxylation is 2. The number of rotatable bonds is 2. The molecule has 0 saturated heterocycles. The van der Waals surface area contributed by atoms with E-state index < -0.39 is 0 Å². The van der Waals surface area contributed by atoms with E-state index in [1.54, 1.807) is 0 Å². The maximum absolute atomic E-state index is 3.87. The van der Waals surface area contributed by atoms with Crippen molar-refractivity contribution in [3.63, 3.8) is 0 Å². The van der Waals surface area contributed by atoms with Crippen LogP contribution in [0.4, 0.5) is 0 Å². The van der Waals surface area contributed by atoms with Gasteiger partial charge in [-0.2, -0.15) is 0 Å². The third kappa shape index (κ3) is 2.38. The van der Waals surface area contributed by atoms with Gasteiger partial charge in [0.1, 0.15) is 0 Å². The largest absolute Gasteiger partial charge is 0.0786 e. The van der Waals surface area contributed by atoms with Crippen LogP contribution in [0.2, 0.25) is 0 Å². The lowest BCUT2D eigenvalue weighted by Crippen LogP contribution is -1.95. The fourth-order valence-corrected chi connectivity index (χ4v) is 3.26. The Morgan fingerprint density at radius 3 is 2.35 bits per heavy atom. The van der Waals surface area contributed by atoms with Crippen LogP contribution >= 0.6 is 15.9 Å². The van der Waals surface area contributed by atoms with Crippen molar-refractivity contribution < 1.29 is 0 Å². The van der Waals surface area contributed by atoms with Crippen LogP contribution in [0.5, 0.6) is 0 Å². The van der Waals surface area contributed by atoms with E-state index in [2.05, 4.69) is 90.4 Å². The number of alkyl halides is 1. The zero-order valence-corrected chi connectivity index (χ0v) is 13.3. The van der Waals surface area contributed by atoms with E-state index in [1.165, 1.54) is 33.0 Å². The van der Waals surface area contributed by atoms with Gasteiger partial charge in [-0.3, -0.25) is 0 Å². The van der Waals surface area contributed by atoms with Crippen LogP contribution in [0.3, 0.4) is 0 Å². The van der Waals surface area contributed by atoms with Crippen molar-refractivity contribution >= 4 is 26.7 Å². The third-order valence-electron chi connectivity index (χ3n) is 3.92. The minimum atomic E-state index is 0.230. The second-order valence-corrected chi connectivity index (χ2v) is 6.19. The van der Waals surface area contributed by atoms with Gasteiger partial charge < -0.3 is 0 Å². The number of hydrogen-bond donors (Lipinski definition) is 0.